The van der Waals surface area contributed by atoms with Gasteiger partial charge in [0.2, 0.25) is 0 Å². The molecule has 1 aliphatic carbocycles. The van der Waals surface area contributed by atoms with Gasteiger partial charge in [-0.3, -0.25) is 0 Å². The van der Waals surface area contributed by atoms with Crippen LogP contribution in [0.3, 0.4) is 0 Å². The van der Waals surface area contributed by atoms with Crippen LogP contribution < -0.4 is 5.32 Å². The summed E-state index contributed by atoms with van der Waals surface area (Å²) in [6, 6.07) is 13.5. The molecule has 1 aliphatic rings. The Morgan fingerprint density at radius 1 is 0.952 bits per heavy atom. The third-order valence-corrected chi connectivity index (χ3v) is 4.93. The van der Waals surface area contributed by atoms with Crippen molar-refractivity contribution in [1.29, 1.82) is 0 Å². The van der Waals surface area contributed by atoms with Crippen molar-refractivity contribution in [3.63, 3.8) is 0 Å². The number of rotatable bonds is 3. The van der Waals surface area contributed by atoms with E-state index >= 15 is 0 Å². The molecule has 21 heavy (non-hydrogen) atoms. The van der Waals surface area contributed by atoms with Gasteiger partial charge in [-0.1, -0.05) is 41.9 Å². The van der Waals surface area contributed by atoms with Crippen molar-refractivity contribution in [3.8, 4) is 0 Å². The van der Waals surface area contributed by atoms with Crippen LogP contribution in [0.4, 0.5) is 0 Å². The van der Waals surface area contributed by atoms with Gasteiger partial charge in [0.05, 0.1) is 6.04 Å². The van der Waals surface area contributed by atoms with Crippen LogP contribution in [0.5, 0.6) is 0 Å². The predicted molar refractivity (Wildman–Crippen MR) is 90.2 cm³/mol. The highest BCUT2D eigenvalue weighted by atomic mass is 35.5. The number of hydrogen-bond acceptors (Lipinski definition) is 1. The van der Waals surface area contributed by atoms with Crippen LogP contribution in [-0.2, 0) is 12.8 Å². The number of aryl methyl sites for hydroxylation is 3. The monoisotopic (exact) mass is 299 g/mol. The first-order valence-electron chi connectivity index (χ1n) is 7.74. The van der Waals surface area contributed by atoms with Crippen molar-refractivity contribution >= 4 is 11.6 Å². The minimum atomic E-state index is 0.230. The molecule has 0 spiro atoms. The quantitative estimate of drug-likeness (QED) is 0.855. The molecule has 0 aliphatic heterocycles. The summed E-state index contributed by atoms with van der Waals surface area (Å²) in [5.41, 5.74) is 6.82. The molecule has 0 saturated carbocycles. The standard InChI is InChI=1S/C19H22ClN/c1-13-11-16(9-10-18(13)20)19(21-2)17-8-7-14-5-3-4-6-15(14)12-17/h7-12,19,21H,3-6H2,1-2H3. The Kier molecular flexibility index (Phi) is 4.32. The van der Waals surface area contributed by atoms with Gasteiger partial charge in [-0.05, 0) is 73.5 Å². The van der Waals surface area contributed by atoms with Gasteiger partial charge >= 0.3 is 0 Å². The third kappa shape index (κ3) is 3.00. The highest BCUT2D eigenvalue weighted by molar-refractivity contribution is 6.31. The van der Waals surface area contributed by atoms with Crippen LogP contribution in [0.15, 0.2) is 36.4 Å². The van der Waals surface area contributed by atoms with E-state index in [1.807, 2.05) is 13.1 Å². The summed E-state index contributed by atoms with van der Waals surface area (Å²) in [5.74, 6) is 0. The maximum atomic E-state index is 6.15. The van der Waals surface area contributed by atoms with E-state index in [2.05, 4.69) is 42.6 Å². The zero-order valence-corrected chi connectivity index (χ0v) is 13.5. The van der Waals surface area contributed by atoms with Crippen molar-refractivity contribution in [3.05, 3.63) is 69.2 Å². The Morgan fingerprint density at radius 2 is 1.62 bits per heavy atom. The Labute approximate surface area is 132 Å². The molecule has 1 atom stereocenters. The molecule has 110 valence electrons. The lowest BCUT2D eigenvalue weighted by Gasteiger charge is -2.22. The second-order valence-corrected chi connectivity index (χ2v) is 6.37. The first-order chi connectivity index (χ1) is 10.2. The van der Waals surface area contributed by atoms with Crippen molar-refractivity contribution in [2.24, 2.45) is 0 Å². The first-order valence-corrected chi connectivity index (χ1v) is 8.12. The zero-order valence-electron chi connectivity index (χ0n) is 12.7. The molecule has 0 aromatic heterocycles. The van der Waals surface area contributed by atoms with Gasteiger partial charge in [0, 0.05) is 5.02 Å². The molecule has 0 saturated heterocycles. The molecule has 2 aromatic carbocycles. The third-order valence-electron chi connectivity index (χ3n) is 4.51. The second kappa shape index (κ2) is 6.21. The van der Waals surface area contributed by atoms with Crippen LogP contribution in [0.2, 0.25) is 5.02 Å². The number of fused-ring (bicyclic) bond motifs is 1. The molecule has 0 heterocycles. The van der Waals surface area contributed by atoms with Crippen molar-refractivity contribution in [1.82, 2.24) is 5.32 Å². The summed E-state index contributed by atoms with van der Waals surface area (Å²) >= 11 is 6.15. The van der Waals surface area contributed by atoms with Crippen LogP contribution in [0, 0.1) is 6.92 Å². The number of hydrogen-bond donors (Lipinski definition) is 1. The summed E-state index contributed by atoms with van der Waals surface area (Å²) in [7, 11) is 2.02. The molecule has 3 rings (SSSR count). The maximum absolute atomic E-state index is 6.15. The molecule has 0 fully saturated rings. The average Bonchev–Trinajstić information content (AvgIpc) is 2.51. The first kappa shape index (κ1) is 14.6. The normalized spacial score (nSPS) is 15.6. The summed E-state index contributed by atoms with van der Waals surface area (Å²) in [5, 5.41) is 4.28. The van der Waals surface area contributed by atoms with E-state index < -0.39 is 0 Å². The fourth-order valence-electron chi connectivity index (χ4n) is 3.31. The van der Waals surface area contributed by atoms with Gasteiger partial charge in [0.1, 0.15) is 0 Å². The van der Waals surface area contributed by atoms with Crippen LogP contribution >= 0.6 is 11.6 Å². The Balaban J connectivity index is 1.97. The van der Waals surface area contributed by atoms with Gasteiger partial charge in [-0.25, -0.2) is 0 Å². The Hall–Kier alpha value is -1.31. The predicted octanol–water partition coefficient (Wildman–Crippen LogP) is 4.84. The molecule has 1 nitrogen and oxygen atoms in total. The molecular weight excluding hydrogens is 278 g/mol. The molecule has 2 heteroatoms. The van der Waals surface area contributed by atoms with Gasteiger partial charge in [-0.15, -0.1) is 0 Å². The summed E-state index contributed by atoms with van der Waals surface area (Å²) in [4.78, 5) is 0. The van der Waals surface area contributed by atoms with Crippen LogP contribution in [0.1, 0.15) is 46.7 Å². The number of nitrogens with one attached hydrogen (secondary N) is 1. The van der Waals surface area contributed by atoms with E-state index in [1.54, 1.807) is 0 Å². The molecule has 1 unspecified atom stereocenters. The van der Waals surface area contributed by atoms with Gasteiger partial charge in [-0.2, -0.15) is 0 Å². The summed E-state index contributed by atoms with van der Waals surface area (Å²) in [6.45, 7) is 2.06. The minimum absolute atomic E-state index is 0.230. The fourth-order valence-corrected chi connectivity index (χ4v) is 3.42. The largest absolute Gasteiger partial charge is 0.309 e. The van der Waals surface area contributed by atoms with Crippen molar-refractivity contribution in [2.75, 3.05) is 7.05 Å². The lowest BCUT2D eigenvalue weighted by atomic mass is 9.88. The van der Waals surface area contributed by atoms with E-state index in [4.69, 9.17) is 11.6 Å². The van der Waals surface area contributed by atoms with E-state index in [0.717, 1.165) is 10.6 Å². The van der Waals surface area contributed by atoms with E-state index in [9.17, 15) is 0 Å². The highest BCUT2D eigenvalue weighted by Gasteiger charge is 2.16. The van der Waals surface area contributed by atoms with E-state index in [0.29, 0.717) is 0 Å². The SMILES string of the molecule is CNC(c1ccc(Cl)c(C)c1)c1ccc2c(c1)CCCC2. The zero-order chi connectivity index (χ0) is 14.8. The van der Waals surface area contributed by atoms with Gasteiger partial charge < -0.3 is 5.32 Å². The van der Waals surface area contributed by atoms with Crippen LogP contribution in [-0.4, -0.2) is 7.05 Å². The van der Waals surface area contributed by atoms with Crippen molar-refractivity contribution in [2.45, 2.75) is 38.6 Å². The van der Waals surface area contributed by atoms with Crippen LogP contribution in [0.25, 0.3) is 0 Å². The van der Waals surface area contributed by atoms with Gasteiger partial charge in [0.15, 0.2) is 0 Å². The molecule has 0 amide bonds. The van der Waals surface area contributed by atoms with Gasteiger partial charge in [0.25, 0.3) is 0 Å². The highest BCUT2D eigenvalue weighted by Crippen LogP contribution is 2.29. The second-order valence-electron chi connectivity index (χ2n) is 5.97. The molecule has 2 aromatic rings. The molecule has 0 bridgehead atoms. The number of halogens is 1. The molecule has 1 N–H and O–H groups in total. The average molecular weight is 300 g/mol. The topological polar surface area (TPSA) is 12.0 Å². The minimum Gasteiger partial charge on any atom is -0.309 e. The Morgan fingerprint density at radius 3 is 2.33 bits per heavy atom. The lowest BCUT2D eigenvalue weighted by molar-refractivity contribution is 0.667. The number of benzene rings is 2. The maximum Gasteiger partial charge on any atom is 0.0574 e. The van der Waals surface area contributed by atoms with E-state index in [1.165, 1.54) is 47.9 Å². The smallest absolute Gasteiger partial charge is 0.0574 e. The summed E-state index contributed by atoms with van der Waals surface area (Å²) < 4.78 is 0. The fraction of sp³-hybridized carbons (Fsp3) is 0.368. The van der Waals surface area contributed by atoms with E-state index in [-0.39, 0.29) is 6.04 Å². The van der Waals surface area contributed by atoms with Crippen molar-refractivity contribution < 1.29 is 0 Å². The lowest BCUT2D eigenvalue weighted by Crippen LogP contribution is -2.18. The molecular formula is C19H22ClN. The molecule has 0 radical (unpaired) electrons. The summed E-state index contributed by atoms with van der Waals surface area (Å²) in [6.07, 6.45) is 5.11. The Bertz CT molecular complexity index is 648.